The van der Waals surface area contributed by atoms with Crippen LogP contribution in [0, 0.1) is 5.82 Å². The number of hydrogen-bond acceptors (Lipinski definition) is 6. The van der Waals surface area contributed by atoms with E-state index in [2.05, 4.69) is 16.2 Å². The number of thiophene rings is 1. The number of fused-ring (bicyclic) bond motifs is 1. The lowest BCUT2D eigenvalue weighted by Gasteiger charge is -2.12. The van der Waals surface area contributed by atoms with Crippen LogP contribution in [0.4, 0.5) is 9.39 Å². The summed E-state index contributed by atoms with van der Waals surface area (Å²) in [5.41, 5.74) is 7.50. The molecular weight excluding hydrogens is 493 g/mol. The Morgan fingerprint density at radius 3 is 2.78 bits per heavy atom. The fourth-order valence-electron chi connectivity index (χ4n) is 3.34. The van der Waals surface area contributed by atoms with Crippen molar-refractivity contribution < 1.29 is 18.7 Å². The van der Waals surface area contributed by atoms with E-state index < -0.39 is 11.8 Å². The Balaban J connectivity index is 1.51. The summed E-state index contributed by atoms with van der Waals surface area (Å²) in [6, 6.07) is 4.18. The number of hydrazine groups is 1. The van der Waals surface area contributed by atoms with Crippen molar-refractivity contribution in [2.24, 2.45) is 0 Å². The van der Waals surface area contributed by atoms with Crippen LogP contribution in [-0.2, 0) is 28.1 Å². The van der Waals surface area contributed by atoms with Gasteiger partial charge in [0, 0.05) is 15.7 Å². The number of anilines is 1. The highest BCUT2D eigenvalue weighted by Crippen LogP contribution is 2.37. The molecule has 3 rings (SSSR count). The first kappa shape index (κ1) is 24.8. The maximum absolute atomic E-state index is 13.1. The number of amides is 1. The zero-order valence-electron chi connectivity index (χ0n) is 17.4. The quantitative estimate of drug-likeness (QED) is 0.220. The maximum Gasteiger partial charge on any atom is 0.341 e. The number of carbonyl (C=O) groups excluding carboxylic acids is 2. The predicted octanol–water partition coefficient (Wildman–Crippen LogP) is 4.85. The average Bonchev–Trinajstić information content (AvgIpc) is 2.93. The summed E-state index contributed by atoms with van der Waals surface area (Å²) < 4.78 is 18.1. The molecule has 0 aliphatic heterocycles. The van der Waals surface area contributed by atoms with Crippen molar-refractivity contribution in [1.29, 1.82) is 0 Å². The summed E-state index contributed by atoms with van der Waals surface area (Å²) in [6.07, 6.45) is 5.03. The van der Waals surface area contributed by atoms with Crippen LogP contribution in [0.1, 0.15) is 45.6 Å². The minimum absolute atomic E-state index is 0.157. The van der Waals surface area contributed by atoms with Crippen molar-refractivity contribution in [2.75, 3.05) is 18.2 Å². The Morgan fingerprint density at radius 2 is 2.03 bits per heavy atom. The minimum atomic E-state index is -0.399. The van der Waals surface area contributed by atoms with E-state index >= 15 is 0 Å². The van der Waals surface area contributed by atoms with E-state index in [-0.39, 0.29) is 16.8 Å². The van der Waals surface area contributed by atoms with E-state index in [0.29, 0.717) is 21.3 Å². The molecule has 0 saturated heterocycles. The van der Waals surface area contributed by atoms with Gasteiger partial charge in [-0.05, 0) is 61.2 Å². The first-order valence-corrected chi connectivity index (χ1v) is 12.7. The van der Waals surface area contributed by atoms with Gasteiger partial charge in [-0.1, -0.05) is 24.1 Å². The molecular formula is C21H23ClFN3O3S3. The van der Waals surface area contributed by atoms with Crippen molar-refractivity contribution >= 4 is 68.9 Å². The largest absolute Gasteiger partial charge is 0.465 e. The number of hydrogen-bond donors (Lipinski definition) is 3. The lowest BCUT2D eigenvalue weighted by atomic mass is 10.1. The fraction of sp³-hybridized carbons (Fsp3) is 0.381. The first-order valence-electron chi connectivity index (χ1n) is 9.99. The molecule has 0 unspecified atom stereocenters. The monoisotopic (exact) mass is 515 g/mol. The molecule has 1 aliphatic carbocycles. The topological polar surface area (TPSA) is 79.5 Å². The molecule has 6 nitrogen and oxygen atoms in total. The fourth-order valence-corrected chi connectivity index (χ4v) is 5.98. The molecule has 0 spiro atoms. The second-order valence-corrected chi connectivity index (χ2v) is 10.0. The normalized spacial score (nSPS) is 13.0. The number of ether oxygens (including phenoxy) is 1. The zero-order valence-corrected chi connectivity index (χ0v) is 20.6. The Labute approximate surface area is 204 Å². The molecule has 3 N–H and O–H groups in total. The van der Waals surface area contributed by atoms with Gasteiger partial charge in [-0.15, -0.1) is 23.1 Å². The lowest BCUT2D eigenvalue weighted by molar-refractivity contribution is -0.119. The van der Waals surface area contributed by atoms with Crippen LogP contribution < -0.4 is 16.2 Å². The highest BCUT2D eigenvalue weighted by atomic mass is 35.5. The van der Waals surface area contributed by atoms with E-state index in [9.17, 15) is 14.0 Å². The number of methoxy groups -OCH3 is 1. The van der Waals surface area contributed by atoms with Crippen molar-refractivity contribution in [2.45, 2.75) is 37.9 Å². The third kappa shape index (κ3) is 6.57. The molecule has 0 saturated carbocycles. The summed E-state index contributed by atoms with van der Waals surface area (Å²) in [7, 11) is 1.36. The summed E-state index contributed by atoms with van der Waals surface area (Å²) in [4.78, 5) is 25.7. The predicted molar refractivity (Wildman–Crippen MR) is 132 cm³/mol. The Morgan fingerprint density at radius 1 is 1.25 bits per heavy atom. The number of benzene rings is 1. The Hall–Kier alpha value is -1.88. The second kappa shape index (κ2) is 11.8. The van der Waals surface area contributed by atoms with Gasteiger partial charge in [0.15, 0.2) is 5.11 Å². The molecule has 0 fully saturated rings. The van der Waals surface area contributed by atoms with Crippen molar-refractivity contribution in [3.8, 4) is 0 Å². The number of carbonyl (C=O) groups is 2. The van der Waals surface area contributed by atoms with Crippen LogP contribution in [-0.4, -0.2) is 29.9 Å². The lowest BCUT2D eigenvalue weighted by Crippen LogP contribution is -2.44. The van der Waals surface area contributed by atoms with E-state index in [4.69, 9.17) is 28.6 Å². The molecule has 1 aliphatic rings. The minimum Gasteiger partial charge on any atom is -0.465 e. The van der Waals surface area contributed by atoms with E-state index in [1.54, 1.807) is 6.07 Å². The van der Waals surface area contributed by atoms with E-state index in [1.807, 2.05) is 0 Å². The number of rotatable bonds is 6. The summed E-state index contributed by atoms with van der Waals surface area (Å²) in [5, 5.41) is 4.14. The van der Waals surface area contributed by atoms with Crippen molar-refractivity contribution in [3.05, 3.63) is 50.6 Å². The van der Waals surface area contributed by atoms with E-state index in [1.165, 1.54) is 47.2 Å². The average molecular weight is 516 g/mol. The van der Waals surface area contributed by atoms with Crippen LogP contribution in [0.3, 0.4) is 0 Å². The summed E-state index contributed by atoms with van der Waals surface area (Å²) in [5.74, 6) is -0.450. The molecule has 11 heteroatoms. The summed E-state index contributed by atoms with van der Waals surface area (Å²) >= 11 is 14.1. The second-order valence-electron chi connectivity index (χ2n) is 7.12. The summed E-state index contributed by atoms with van der Waals surface area (Å²) in [6.45, 7) is 0. The number of nitrogens with one attached hydrogen (secondary N) is 3. The molecule has 0 bridgehead atoms. The highest BCUT2D eigenvalue weighted by molar-refractivity contribution is 7.99. The van der Waals surface area contributed by atoms with Gasteiger partial charge in [-0.25, -0.2) is 9.18 Å². The molecule has 2 aromatic rings. The van der Waals surface area contributed by atoms with Crippen LogP contribution in [0.5, 0.6) is 0 Å². The van der Waals surface area contributed by atoms with Gasteiger partial charge in [0.05, 0.1) is 18.4 Å². The van der Waals surface area contributed by atoms with Crippen LogP contribution in [0.25, 0.3) is 0 Å². The molecule has 172 valence electrons. The standard InChI is InChI=1S/C21H23ClFN3O3S3/c1-29-20(28)18-14-5-3-2-4-6-16(14)32-19(18)24-21(30)26-25-17(27)11-31-10-12-7-8-13(23)9-15(12)22/h7-9H,2-6,10-11H2,1H3,(H,25,27)(H2,24,26,30). The van der Waals surface area contributed by atoms with E-state index in [0.717, 1.165) is 43.2 Å². The first-order chi connectivity index (χ1) is 15.4. The van der Waals surface area contributed by atoms with Gasteiger partial charge in [0.25, 0.3) is 0 Å². The number of halogens is 2. The van der Waals surface area contributed by atoms with Crippen molar-refractivity contribution in [1.82, 2.24) is 10.9 Å². The SMILES string of the molecule is COC(=O)c1c(NC(=S)NNC(=O)CSCc2ccc(F)cc2Cl)sc2c1CCCCC2. The molecule has 1 amide bonds. The molecule has 1 heterocycles. The Bertz CT molecular complexity index is 1020. The highest BCUT2D eigenvalue weighted by Gasteiger charge is 2.25. The van der Waals surface area contributed by atoms with Gasteiger partial charge in [-0.2, -0.15) is 0 Å². The number of aryl methyl sites for hydroxylation is 1. The van der Waals surface area contributed by atoms with Crippen molar-refractivity contribution in [3.63, 3.8) is 0 Å². The molecule has 0 radical (unpaired) electrons. The third-order valence-electron chi connectivity index (χ3n) is 4.86. The van der Waals surface area contributed by atoms with Crippen LogP contribution in [0.15, 0.2) is 18.2 Å². The number of thiocarbonyl (C=S) groups is 1. The molecule has 32 heavy (non-hydrogen) atoms. The molecule has 0 atom stereocenters. The van der Waals surface area contributed by atoms with Crippen LogP contribution in [0.2, 0.25) is 5.02 Å². The Kier molecular flexibility index (Phi) is 9.15. The zero-order chi connectivity index (χ0) is 23.1. The van der Waals surface area contributed by atoms with Gasteiger partial charge >= 0.3 is 5.97 Å². The number of thioether (sulfide) groups is 1. The maximum atomic E-state index is 13.1. The van der Waals surface area contributed by atoms with Crippen LogP contribution >= 0.6 is 46.9 Å². The smallest absolute Gasteiger partial charge is 0.341 e. The molecule has 1 aromatic heterocycles. The van der Waals surface area contributed by atoms with Gasteiger partial charge < -0.3 is 10.1 Å². The third-order valence-corrected chi connectivity index (χ3v) is 7.60. The van der Waals surface area contributed by atoms with Gasteiger partial charge in [0.1, 0.15) is 10.8 Å². The van der Waals surface area contributed by atoms with Gasteiger partial charge in [0.2, 0.25) is 5.91 Å². The number of esters is 1. The molecule has 1 aromatic carbocycles. The van der Waals surface area contributed by atoms with Gasteiger partial charge in [-0.3, -0.25) is 15.6 Å².